The summed E-state index contributed by atoms with van der Waals surface area (Å²) in [4.78, 5) is 11.9. The molecule has 0 aliphatic heterocycles. The number of esters is 1. The summed E-state index contributed by atoms with van der Waals surface area (Å²) >= 11 is 0. The Bertz CT molecular complexity index is 548. The number of hydrogen-bond acceptors (Lipinski definition) is 5. The molecule has 0 aromatic heterocycles. The van der Waals surface area contributed by atoms with Gasteiger partial charge in [-0.05, 0) is 43.0 Å². The van der Waals surface area contributed by atoms with E-state index in [4.69, 9.17) is 18.9 Å². The molecule has 0 atom stereocenters. The van der Waals surface area contributed by atoms with E-state index in [1.165, 1.54) is 7.11 Å². The third kappa shape index (κ3) is 3.36. The van der Waals surface area contributed by atoms with Gasteiger partial charge >= 0.3 is 5.97 Å². The molecule has 0 fully saturated rings. The van der Waals surface area contributed by atoms with Crippen LogP contribution in [0, 0.1) is 0 Å². The first kappa shape index (κ1) is 15.4. The number of hydrogen-bond donors (Lipinski definition) is 0. The van der Waals surface area contributed by atoms with E-state index in [2.05, 4.69) is 0 Å². The van der Waals surface area contributed by atoms with Gasteiger partial charge in [-0.2, -0.15) is 0 Å². The van der Waals surface area contributed by atoms with Gasteiger partial charge in [-0.25, -0.2) is 4.79 Å². The predicted molar refractivity (Wildman–Crippen MR) is 78.3 cm³/mol. The fraction of sp³-hybridized carbons (Fsp3) is 0.438. The Balaban J connectivity index is 2.46. The Labute approximate surface area is 124 Å². The second-order valence-corrected chi connectivity index (χ2v) is 4.72. The van der Waals surface area contributed by atoms with Gasteiger partial charge in [0, 0.05) is 18.2 Å². The minimum atomic E-state index is -0.275. The van der Waals surface area contributed by atoms with E-state index < -0.39 is 0 Å². The zero-order valence-corrected chi connectivity index (χ0v) is 12.6. The average Bonchev–Trinajstić information content (AvgIpc) is 3.01. The van der Waals surface area contributed by atoms with Crippen LogP contribution in [0.15, 0.2) is 23.8 Å². The van der Waals surface area contributed by atoms with E-state index in [1.807, 2.05) is 18.2 Å². The summed E-state index contributed by atoms with van der Waals surface area (Å²) in [5.41, 5.74) is 2.55. The van der Waals surface area contributed by atoms with Gasteiger partial charge in [0.2, 0.25) is 0 Å². The highest BCUT2D eigenvalue weighted by atomic mass is 16.7. The first-order chi connectivity index (χ1) is 10.2. The highest BCUT2D eigenvalue weighted by Gasteiger charge is 2.25. The fourth-order valence-corrected chi connectivity index (χ4v) is 2.51. The van der Waals surface area contributed by atoms with Crippen molar-refractivity contribution in [3.05, 3.63) is 29.3 Å². The Morgan fingerprint density at radius 3 is 2.67 bits per heavy atom. The van der Waals surface area contributed by atoms with Crippen LogP contribution < -0.4 is 9.47 Å². The molecule has 0 saturated heterocycles. The van der Waals surface area contributed by atoms with E-state index in [-0.39, 0.29) is 12.8 Å². The van der Waals surface area contributed by atoms with Crippen molar-refractivity contribution >= 4 is 11.5 Å². The number of carbonyl (C=O) groups excluding carboxylic acids is 1. The largest absolute Gasteiger partial charge is 0.497 e. The van der Waals surface area contributed by atoms with Crippen molar-refractivity contribution in [2.45, 2.75) is 19.3 Å². The van der Waals surface area contributed by atoms with E-state index in [0.29, 0.717) is 11.3 Å². The van der Waals surface area contributed by atoms with Crippen LogP contribution in [0.1, 0.15) is 24.8 Å². The molecule has 0 saturated carbocycles. The van der Waals surface area contributed by atoms with Crippen LogP contribution in [0.25, 0.3) is 5.57 Å². The molecule has 2 rings (SSSR count). The monoisotopic (exact) mass is 292 g/mol. The third-order valence-electron chi connectivity index (χ3n) is 3.49. The second kappa shape index (κ2) is 7.13. The highest BCUT2D eigenvalue weighted by Crippen LogP contribution is 2.40. The molecule has 0 N–H and O–H groups in total. The zero-order valence-electron chi connectivity index (χ0n) is 12.6. The Morgan fingerprint density at radius 1 is 1.19 bits per heavy atom. The van der Waals surface area contributed by atoms with E-state index in [9.17, 15) is 4.79 Å². The lowest BCUT2D eigenvalue weighted by atomic mass is 10.0. The molecule has 5 nitrogen and oxygen atoms in total. The summed E-state index contributed by atoms with van der Waals surface area (Å²) in [7, 11) is 4.58. The molecule has 1 aliphatic rings. The number of ether oxygens (including phenoxy) is 4. The van der Waals surface area contributed by atoms with Crippen molar-refractivity contribution in [3.8, 4) is 11.5 Å². The third-order valence-corrected chi connectivity index (χ3v) is 3.49. The Morgan fingerprint density at radius 2 is 2.00 bits per heavy atom. The van der Waals surface area contributed by atoms with Gasteiger partial charge in [0.05, 0.1) is 14.2 Å². The topological polar surface area (TPSA) is 54.0 Å². The lowest BCUT2D eigenvalue weighted by Crippen LogP contribution is -2.06. The maximum absolute atomic E-state index is 11.9. The first-order valence-corrected chi connectivity index (χ1v) is 6.81. The standard InChI is InChI=1S/C16H20O5/c1-18-10-21-15-8-7-11(19-2)9-14(15)12-5-4-6-13(12)16(17)20-3/h7-9H,4-6,10H2,1-3H3. The van der Waals surface area contributed by atoms with Crippen molar-refractivity contribution in [1.29, 1.82) is 0 Å². The molecule has 21 heavy (non-hydrogen) atoms. The quantitative estimate of drug-likeness (QED) is 0.596. The summed E-state index contributed by atoms with van der Waals surface area (Å²) in [6, 6.07) is 5.53. The number of allylic oxidation sites excluding steroid dienone is 1. The van der Waals surface area contributed by atoms with Crippen LogP contribution >= 0.6 is 0 Å². The maximum atomic E-state index is 11.9. The van der Waals surface area contributed by atoms with Crippen LogP contribution in [-0.2, 0) is 14.3 Å². The van der Waals surface area contributed by atoms with Gasteiger partial charge in [0.15, 0.2) is 6.79 Å². The van der Waals surface area contributed by atoms with Gasteiger partial charge in [-0.3, -0.25) is 0 Å². The Kier molecular flexibility index (Phi) is 5.22. The van der Waals surface area contributed by atoms with Crippen LogP contribution in [0.3, 0.4) is 0 Å². The van der Waals surface area contributed by atoms with Crippen LogP contribution in [0.5, 0.6) is 11.5 Å². The summed E-state index contributed by atoms with van der Waals surface area (Å²) < 4.78 is 20.7. The molecular formula is C16H20O5. The van der Waals surface area contributed by atoms with Gasteiger partial charge in [-0.15, -0.1) is 0 Å². The molecular weight excluding hydrogens is 272 g/mol. The molecule has 0 heterocycles. The van der Waals surface area contributed by atoms with Crippen molar-refractivity contribution in [2.75, 3.05) is 28.1 Å². The fourth-order valence-electron chi connectivity index (χ4n) is 2.51. The normalized spacial score (nSPS) is 14.2. The van der Waals surface area contributed by atoms with Crippen LogP contribution in [0.2, 0.25) is 0 Å². The zero-order chi connectivity index (χ0) is 15.2. The molecule has 0 radical (unpaired) electrons. The number of benzene rings is 1. The number of methoxy groups -OCH3 is 3. The van der Waals surface area contributed by atoms with Crippen molar-refractivity contribution < 1.29 is 23.7 Å². The summed E-state index contributed by atoms with van der Waals surface area (Å²) in [5, 5.41) is 0. The lowest BCUT2D eigenvalue weighted by Gasteiger charge is -2.14. The van der Waals surface area contributed by atoms with Gasteiger partial charge in [-0.1, -0.05) is 0 Å². The van der Waals surface area contributed by atoms with E-state index in [1.54, 1.807) is 14.2 Å². The lowest BCUT2D eigenvalue weighted by molar-refractivity contribution is -0.136. The first-order valence-electron chi connectivity index (χ1n) is 6.81. The summed E-state index contributed by atoms with van der Waals surface area (Å²) in [6.07, 6.45) is 2.48. The van der Waals surface area contributed by atoms with Crippen LogP contribution in [-0.4, -0.2) is 34.1 Å². The van der Waals surface area contributed by atoms with Crippen molar-refractivity contribution in [2.24, 2.45) is 0 Å². The van der Waals surface area contributed by atoms with E-state index in [0.717, 1.165) is 36.1 Å². The average molecular weight is 292 g/mol. The minimum Gasteiger partial charge on any atom is -0.497 e. The second-order valence-electron chi connectivity index (χ2n) is 4.72. The minimum absolute atomic E-state index is 0.153. The maximum Gasteiger partial charge on any atom is 0.334 e. The Hall–Kier alpha value is -2.01. The molecule has 114 valence electrons. The predicted octanol–water partition coefficient (Wildman–Crippen LogP) is 2.79. The number of carbonyl (C=O) groups is 1. The summed E-state index contributed by atoms with van der Waals surface area (Å²) in [5.74, 6) is 1.12. The smallest absolute Gasteiger partial charge is 0.334 e. The molecule has 0 unspecified atom stereocenters. The van der Waals surface area contributed by atoms with Gasteiger partial charge in [0.25, 0.3) is 0 Å². The molecule has 0 bridgehead atoms. The molecule has 1 aromatic rings. The molecule has 5 heteroatoms. The molecule has 0 amide bonds. The highest BCUT2D eigenvalue weighted by molar-refractivity contribution is 5.99. The molecule has 1 aliphatic carbocycles. The SMILES string of the molecule is COCOc1ccc(OC)cc1C1=C(C(=O)OC)CCC1. The van der Waals surface area contributed by atoms with Gasteiger partial charge in [0.1, 0.15) is 11.5 Å². The van der Waals surface area contributed by atoms with Crippen molar-refractivity contribution in [3.63, 3.8) is 0 Å². The molecule has 0 spiro atoms. The van der Waals surface area contributed by atoms with E-state index >= 15 is 0 Å². The number of rotatable bonds is 6. The van der Waals surface area contributed by atoms with Crippen molar-refractivity contribution in [1.82, 2.24) is 0 Å². The molecule has 1 aromatic carbocycles. The summed E-state index contributed by atoms with van der Waals surface area (Å²) in [6.45, 7) is 0.153. The van der Waals surface area contributed by atoms with Crippen LogP contribution in [0.4, 0.5) is 0 Å². The van der Waals surface area contributed by atoms with Gasteiger partial charge < -0.3 is 18.9 Å².